The average Bonchev–Trinajstić information content (AvgIpc) is 3.72. The lowest BCUT2D eigenvalue weighted by Gasteiger charge is -2.29. The summed E-state index contributed by atoms with van der Waals surface area (Å²) in [4.78, 5) is 52.7. The Morgan fingerprint density at radius 3 is 2.64 bits per heavy atom. The Labute approximate surface area is 310 Å². The van der Waals surface area contributed by atoms with E-state index >= 15 is 0 Å². The first-order valence-electron chi connectivity index (χ1n) is 18.5. The van der Waals surface area contributed by atoms with Gasteiger partial charge in [-0.2, -0.15) is 0 Å². The lowest BCUT2D eigenvalue weighted by molar-refractivity contribution is -0.136. The van der Waals surface area contributed by atoms with Crippen molar-refractivity contribution in [2.75, 3.05) is 20.2 Å². The van der Waals surface area contributed by atoms with Gasteiger partial charge in [0.25, 0.3) is 11.8 Å². The number of hydroxylamine groups is 1. The van der Waals surface area contributed by atoms with E-state index in [1.165, 1.54) is 24.8 Å². The van der Waals surface area contributed by atoms with Gasteiger partial charge in [-0.3, -0.25) is 29.7 Å². The molecule has 1 aromatic heterocycles. The molecule has 53 heavy (non-hydrogen) atoms. The molecule has 0 aliphatic carbocycles. The number of unbranched alkanes of at least 4 members (excludes halogenated alkanes) is 6. The highest BCUT2D eigenvalue weighted by Gasteiger charge is 2.39. The van der Waals surface area contributed by atoms with Gasteiger partial charge in [0.05, 0.1) is 6.54 Å². The number of imide groups is 1. The monoisotopic (exact) mass is 717 g/mol. The molecule has 0 bridgehead atoms. The highest BCUT2D eigenvalue weighted by molar-refractivity contribution is 6.05. The van der Waals surface area contributed by atoms with Gasteiger partial charge in [-0.15, -0.1) is 0 Å². The van der Waals surface area contributed by atoms with E-state index in [9.17, 15) is 19.2 Å². The number of carbonyl (C=O) groups excluding carboxylic acids is 4. The Morgan fingerprint density at radius 1 is 1.00 bits per heavy atom. The second-order valence-corrected chi connectivity index (χ2v) is 13.9. The van der Waals surface area contributed by atoms with E-state index in [4.69, 9.17) is 9.94 Å². The van der Waals surface area contributed by atoms with Crippen molar-refractivity contribution in [3.8, 4) is 17.6 Å². The van der Waals surface area contributed by atoms with Gasteiger partial charge < -0.3 is 19.1 Å². The molecule has 2 aliphatic rings. The molecule has 11 heteroatoms. The molecule has 3 aromatic carbocycles. The maximum Gasteiger partial charge on any atom is 0.274 e. The molecule has 1 fully saturated rings. The summed E-state index contributed by atoms with van der Waals surface area (Å²) in [5, 5.41) is 12.3. The summed E-state index contributed by atoms with van der Waals surface area (Å²) in [6.07, 6.45) is 10.2. The zero-order valence-electron chi connectivity index (χ0n) is 30.2. The van der Waals surface area contributed by atoms with E-state index in [2.05, 4.69) is 41.2 Å². The minimum Gasteiger partial charge on any atom is -0.492 e. The Morgan fingerprint density at radius 2 is 1.81 bits per heavy atom. The summed E-state index contributed by atoms with van der Waals surface area (Å²) in [5.74, 6) is 5.99. The third-order valence-electron chi connectivity index (χ3n) is 9.99. The number of ether oxygens (including phenoxy) is 1. The van der Waals surface area contributed by atoms with E-state index in [1.807, 2.05) is 47.2 Å². The summed E-state index contributed by atoms with van der Waals surface area (Å²) in [5.41, 5.74) is 6.50. The first-order valence-corrected chi connectivity index (χ1v) is 18.5. The largest absolute Gasteiger partial charge is 0.492 e. The summed E-state index contributed by atoms with van der Waals surface area (Å²) in [7, 11) is 2.15. The number of hydrogen-bond donors (Lipinski definition) is 3. The molecule has 276 valence electrons. The first-order chi connectivity index (χ1) is 25.8. The van der Waals surface area contributed by atoms with Gasteiger partial charge in [0, 0.05) is 54.3 Å². The van der Waals surface area contributed by atoms with E-state index in [-0.39, 0.29) is 18.2 Å². The second kappa shape index (κ2) is 17.9. The minimum atomic E-state index is -0.621. The zero-order chi connectivity index (χ0) is 37.2. The van der Waals surface area contributed by atoms with Crippen molar-refractivity contribution in [2.45, 2.75) is 83.5 Å². The van der Waals surface area contributed by atoms with Crippen LogP contribution in [0.3, 0.4) is 0 Å². The standard InChI is InChI=1S/C42H47N5O6/c1-45(28-30-12-10-15-34(26-30)53-25-24-46-23-21-32-17-18-33(27-38(32)46)40(49)44-52)22-9-7-5-3-2-4-6-8-13-31-14-11-16-35-36(31)29-47(42(35)51)37-19-20-39(48)43-41(37)50/h10-12,14-18,21,23,26-27,37,52H,2-7,9,19-20,22,24-25,28-29H2,1H3,(H,44,49)(H,43,48,50). The number of piperidine rings is 1. The van der Waals surface area contributed by atoms with E-state index < -0.39 is 17.9 Å². The van der Waals surface area contributed by atoms with Crippen LogP contribution < -0.4 is 15.5 Å². The lowest BCUT2D eigenvalue weighted by Crippen LogP contribution is -2.52. The van der Waals surface area contributed by atoms with Crippen LogP contribution in [0, 0.1) is 11.8 Å². The number of hydrogen-bond acceptors (Lipinski definition) is 7. The molecule has 3 heterocycles. The van der Waals surface area contributed by atoms with Crippen LogP contribution in [0.25, 0.3) is 10.9 Å². The fraction of sp³-hybridized carbons (Fsp3) is 0.381. The molecule has 0 spiro atoms. The van der Waals surface area contributed by atoms with Crippen molar-refractivity contribution in [2.24, 2.45) is 0 Å². The Bertz CT molecular complexity index is 2030. The molecule has 0 radical (unpaired) electrons. The smallest absolute Gasteiger partial charge is 0.274 e. The van der Waals surface area contributed by atoms with Crippen molar-refractivity contribution in [1.82, 2.24) is 25.2 Å². The summed E-state index contributed by atoms with van der Waals surface area (Å²) in [6.45, 7) is 3.32. The van der Waals surface area contributed by atoms with Crippen molar-refractivity contribution < 1.29 is 29.1 Å². The number of carbonyl (C=O) groups is 4. The predicted molar refractivity (Wildman–Crippen MR) is 201 cm³/mol. The molecule has 2 aliphatic heterocycles. The van der Waals surface area contributed by atoms with Crippen LogP contribution in [-0.2, 0) is 29.2 Å². The fourth-order valence-corrected chi connectivity index (χ4v) is 7.13. The summed E-state index contributed by atoms with van der Waals surface area (Å²) < 4.78 is 8.12. The zero-order valence-corrected chi connectivity index (χ0v) is 30.2. The molecule has 11 nitrogen and oxygen atoms in total. The van der Waals surface area contributed by atoms with Gasteiger partial charge in [-0.25, -0.2) is 5.48 Å². The number of rotatable bonds is 16. The predicted octanol–water partition coefficient (Wildman–Crippen LogP) is 5.81. The van der Waals surface area contributed by atoms with Crippen LogP contribution in [-0.4, -0.2) is 69.4 Å². The number of aromatic nitrogens is 1. The van der Waals surface area contributed by atoms with E-state index in [0.29, 0.717) is 37.2 Å². The van der Waals surface area contributed by atoms with Crippen LogP contribution in [0.15, 0.2) is 72.9 Å². The number of amides is 4. The van der Waals surface area contributed by atoms with Crippen LogP contribution in [0.2, 0.25) is 0 Å². The maximum atomic E-state index is 13.0. The van der Waals surface area contributed by atoms with Crippen LogP contribution in [0.1, 0.15) is 95.2 Å². The molecule has 1 unspecified atom stereocenters. The topological polar surface area (TPSA) is 133 Å². The molecular weight excluding hydrogens is 670 g/mol. The van der Waals surface area contributed by atoms with Gasteiger partial charge in [0.15, 0.2) is 0 Å². The molecule has 4 amide bonds. The van der Waals surface area contributed by atoms with Gasteiger partial charge in [0.2, 0.25) is 11.8 Å². The molecule has 3 N–H and O–H groups in total. The van der Waals surface area contributed by atoms with Gasteiger partial charge in [-0.05, 0) is 91.8 Å². The van der Waals surface area contributed by atoms with Gasteiger partial charge >= 0.3 is 0 Å². The van der Waals surface area contributed by atoms with Crippen LogP contribution in [0.4, 0.5) is 0 Å². The molecule has 0 saturated carbocycles. The van der Waals surface area contributed by atoms with Crippen LogP contribution in [0.5, 0.6) is 5.75 Å². The highest BCUT2D eigenvalue weighted by Crippen LogP contribution is 2.29. The highest BCUT2D eigenvalue weighted by atomic mass is 16.5. The van der Waals surface area contributed by atoms with E-state index in [0.717, 1.165) is 66.6 Å². The third-order valence-corrected chi connectivity index (χ3v) is 9.99. The summed E-state index contributed by atoms with van der Waals surface area (Å²) >= 11 is 0. The number of fused-ring (bicyclic) bond motifs is 2. The number of benzene rings is 3. The molecule has 1 saturated heterocycles. The van der Waals surface area contributed by atoms with Crippen LogP contribution >= 0.6 is 0 Å². The quantitative estimate of drug-likeness (QED) is 0.0438. The Balaban J connectivity index is 0.848. The number of nitrogens with one attached hydrogen (secondary N) is 2. The second-order valence-electron chi connectivity index (χ2n) is 13.9. The van der Waals surface area contributed by atoms with E-state index in [1.54, 1.807) is 28.6 Å². The molecule has 6 rings (SSSR count). The van der Waals surface area contributed by atoms with Gasteiger partial charge in [-0.1, -0.05) is 61.8 Å². The van der Waals surface area contributed by atoms with Gasteiger partial charge in [0.1, 0.15) is 18.4 Å². The third kappa shape index (κ3) is 9.52. The summed E-state index contributed by atoms with van der Waals surface area (Å²) in [6, 6.07) is 20.5. The first kappa shape index (κ1) is 37.3. The average molecular weight is 718 g/mol. The minimum absolute atomic E-state index is 0.173. The fourth-order valence-electron chi connectivity index (χ4n) is 7.13. The Hall–Kier alpha value is -5.44. The van der Waals surface area contributed by atoms with Crippen molar-refractivity contribution in [1.29, 1.82) is 0 Å². The molecule has 1 atom stereocenters. The maximum absolute atomic E-state index is 13.0. The SMILES string of the molecule is CN(CCCCCCCCC#Cc1cccc2c1CN(C1CCC(=O)NC1=O)C2=O)Cc1cccc(OCCn2ccc3ccc(C(=O)NO)cc32)c1. The van der Waals surface area contributed by atoms with Crippen molar-refractivity contribution >= 4 is 34.5 Å². The lowest BCUT2D eigenvalue weighted by atomic mass is 10.0. The molecular formula is C42H47N5O6. The van der Waals surface area contributed by atoms with Crippen molar-refractivity contribution in [3.05, 3.63) is 101 Å². The van der Waals surface area contributed by atoms with Crippen molar-refractivity contribution in [3.63, 3.8) is 0 Å². The molecule has 4 aromatic rings. The Kier molecular flexibility index (Phi) is 12.6. The number of nitrogens with zero attached hydrogens (tertiary/aromatic N) is 3. The normalized spacial score (nSPS) is 15.3.